The Hall–Kier alpha value is -1.10. The maximum Gasteiger partial charge on any atom is 0.153 e. The van der Waals surface area contributed by atoms with E-state index in [4.69, 9.17) is 27.9 Å². The van der Waals surface area contributed by atoms with E-state index in [1.165, 1.54) is 12.1 Å². The molecule has 0 N–H and O–H groups in total. The third kappa shape index (κ3) is 3.69. The molecule has 0 saturated heterocycles. The second-order valence-electron chi connectivity index (χ2n) is 3.68. The number of hydrogen-bond acceptors (Lipinski definition) is 3. The van der Waals surface area contributed by atoms with Crippen molar-refractivity contribution in [2.45, 2.75) is 6.61 Å². The van der Waals surface area contributed by atoms with Crippen molar-refractivity contribution in [1.82, 2.24) is 4.98 Å². The summed E-state index contributed by atoms with van der Waals surface area (Å²) in [6.45, 7) is 0.218. The molecule has 0 fully saturated rings. The van der Waals surface area contributed by atoms with Crippen LogP contribution < -0.4 is 4.74 Å². The van der Waals surface area contributed by atoms with E-state index in [0.717, 1.165) is 10.2 Å². The summed E-state index contributed by atoms with van der Waals surface area (Å²) in [7, 11) is 0. The smallest absolute Gasteiger partial charge is 0.153 e. The molecule has 0 aliphatic carbocycles. The normalized spacial score (nSPS) is 10.3. The molecule has 1 aromatic carbocycles. The fourth-order valence-corrected chi connectivity index (χ4v) is 2.26. The highest BCUT2D eigenvalue weighted by Gasteiger charge is 2.10. The van der Waals surface area contributed by atoms with E-state index in [2.05, 4.69) is 20.9 Å². The summed E-state index contributed by atoms with van der Waals surface area (Å²) >= 11 is 15.1. The molecule has 0 spiro atoms. The number of hydrogen-bond donors (Lipinski definition) is 0. The maximum atomic E-state index is 11.0. The molecule has 2 rings (SSSR count). The number of carbonyl (C=O) groups excluding carboxylic acids is 1. The quantitative estimate of drug-likeness (QED) is 0.751. The lowest BCUT2D eigenvalue weighted by Gasteiger charge is -2.10. The van der Waals surface area contributed by atoms with Gasteiger partial charge in [0.2, 0.25) is 0 Å². The third-order valence-electron chi connectivity index (χ3n) is 2.32. The fraction of sp³-hybridized carbons (Fsp3) is 0.0769. The summed E-state index contributed by atoms with van der Waals surface area (Å²) in [6.07, 6.45) is 2.32. The van der Waals surface area contributed by atoms with Crippen LogP contribution in [-0.4, -0.2) is 11.3 Å². The number of nitrogens with zero attached hydrogens (tertiary/aromatic N) is 1. The Morgan fingerprint density at radius 3 is 2.74 bits per heavy atom. The standard InChI is InChI=1S/C13H8BrCl2NO2/c14-9-1-2-11(17-5-9)7-19-13-8(6-18)3-10(15)4-12(13)16/h1-6H,7H2. The van der Waals surface area contributed by atoms with Gasteiger partial charge in [0.15, 0.2) is 6.29 Å². The highest BCUT2D eigenvalue weighted by molar-refractivity contribution is 9.10. The molecule has 0 bridgehead atoms. The molecule has 1 aromatic heterocycles. The van der Waals surface area contributed by atoms with Gasteiger partial charge >= 0.3 is 0 Å². The van der Waals surface area contributed by atoms with Gasteiger partial charge in [-0.2, -0.15) is 0 Å². The number of carbonyl (C=O) groups is 1. The van der Waals surface area contributed by atoms with E-state index in [9.17, 15) is 4.79 Å². The molecule has 2 aromatic rings. The van der Waals surface area contributed by atoms with E-state index in [0.29, 0.717) is 27.6 Å². The molecule has 0 atom stereocenters. The Kier molecular flexibility index (Phi) is 4.80. The molecule has 3 nitrogen and oxygen atoms in total. The lowest BCUT2D eigenvalue weighted by molar-refractivity contribution is 0.111. The van der Waals surface area contributed by atoms with Crippen molar-refractivity contribution >= 4 is 45.4 Å². The number of aldehydes is 1. The van der Waals surface area contributed by atoms with E-state index >= 15 is 0 Å². The van der Waals surface area contributed by atoms with Crippen LogP contribution >= 0.6 is 39.1 Å². The predicted molar refractivity (Wildman–Crippen MR) is 78.1 cm³/mol. The lowest BCUT2D eigenvalue weighted by Crippen LogP contribution is -2.01. The molecule has 0 saturated carbocycles. The van der Waals surface area contributed by atoms with Crippen molar-refractivity contribution in [3.05, 3.63) is 56.2 Å². The summed E-state index contributed by atoms with van der Waals surface area (Å²) in [4.78, 5) is 15.1. The Morgan fingerprint density at radius 2 is 2.11 bits per heavy atom. The first-order valence-corrected chi connectivity index (χ1v) is 6.82. The van der Waals surface area contributed by atoms with Gasteiger partial charge in [-0.05, 0) is 40.2 Å². The average Bonchev–Trinajstić information content (AvgIpc) is 2.39. The summed E-state index contributed by atoms with van der Waals surface area (Å²) in [5.74, 6) is 0.311. The van der Waals surface area contributed by atoms with Gasteiger partial charge in [-0.1, -0.05) is 23.2 Å². The van der Waals surface area contributed by atoms with E-state index in [1.807, 2.05) is 12.1 Å². The molecule has 0 aliphatic rings. The number of benzene rings is 1. The summed E-state index contributed by atoms with van der Waals surface area (Å²) < 4.78 is 6.42. The van der Waals surface area contributed by atoms with Gasteiger partial charge in [0, 0.05) is 15.7 Å². The number of rotatable bonds is 4. The van der Waals surface area contributed by atoms with E-state index in [1.54, 1.807) is 6.20 Å². The topological polar surface area (TPSA) is 39.2 Å². The minimum Gasteiger partial charge on any atom is -0.485 e. The fourth-order valence-electron chi connectivity index (χ4n) is 1.46. The van der Waals surface area contributed by atoms with Crippen LogP contribution in [0.5, 0.6) is 5.75 Å². The Bertz CT molecular complexity index is 602. The Labute approximate surface area is 128 Å². The van der Waals surface area contributed by atoms with E-state index < -0.39 is 0 Å². The SMILES string of the molecule is O=Cc1cc(Cl)cc(Cl)c1OCc1ccc(Br)cn1. The summed E-state index contributed by atoms with van der Waals surface area (Å²) in [5.41, 5.74) is 1.04. The Balaban J connectivity index is 2.19. The van der Waals surface area contributed by atoms with Crippen LogP contribution in [0.4, 0.5) is 0 Å². The first-order valence-electron chi connectivity index (χ1n) is 5.27. The van der Waals surface area contributed by atoms with Gasteiger partial charge < -0.3 is 4.74 Å². The molecule has 0 radical (unpaired) electrons. The largest absolute Gasteiger partial charge is 0.485 e. The number of ether oxygens (including phenoxy) is 1. The minimum absolute atomic E-state index is 0.218. The van der Waals surface area contributed by atoms with Crippen LogP contribution in [-0.2, 0) is 6.61 Å². The van der Waals surface area contributed by atoms with Gasteiger partial charge in [-0.25, -0.2) is 0 Å². The van der Waals surface area contributed by atoms with Gasteiger partial charge in [0.25, 0.3) is 0 Å². The van der Waals surface area contributed by atoms with Crippen molar-refractivity contribution in [3.8, 4) is 5.75 Å². The highest BCUT2D eigenvalue weighted by atomic mass is 79.9. The zero-order chi connectivity index (χ0) is 13.8. The molecule has 98 valence electrons. The molecule has 1 heterocycles. The molecular formula is C13H8BrCl2NO2. The molecule has 0 unspecified atom stereocenters. The third-order valence-corrected chi connectivity index (χ3v) is 3.29. The first kappa shape index (κ1) is 14.3. The summed E-state index contributed by atoms with van der Waals surface area (Å²) in [6, 6.07) is 6.70. The van der Waals surface area contributed by atoms with Crippen LogP contribution in [0, 0.1) is 0 Å². The second kappa shape index (κ2) is 6.37. The van der Waals surface area contributed by atoms with Gasteiger partial charge in [0.05, 0.1) is 16.3 Å². The molecule has 6 heteroatoms. The predicted octanol–water partition coefficient (Wildman–Crippen LogP) is 4.54. The average molecular weight is 361 g/mol. The minimum atomic E-state index is 0.218. The molecular weight excluding hydrogens is 353 g/mol. The van der Waals surface area contributed by atoms with Crippen molar-refractivity contribution in [2.24, 2.45) is 0 Å². The van der Waals surface area contributed by atoms with Gasteiger partial charge in [-0.3, -0.25) is 9.78 Å². The van der Waals surface area contributed by atoms with Crippen molar-refractivity contribution < 1.29 is 9.53 Å². The molecule has 19 heavy (non-hydrogen) atoms. The van der Waals surface area contributed by atoms with Crippen molar-refractivity contribution in [1.29, 1.82) is 0 Å². The van der Waals surface area contributed by atoms with Crippen LogP contribution in [0.2, 0.25) is 10.0 Å². The second-order valence-corrected chi connectivity index (χ2v) is 5.44. The van der Waals surface area contributed by atoms with Crippen molar-refractivity contribution in [3.63, 3.8) is 0 Å². The molecule has 0 aliphatic heterocycles. The number of pyridine rings is 1. The summed E-state index contributed by atoms with van der Waals surface area (Å²) in [5, 5.41) is 0.688. The maximum absolute atomic E-state index is 11.0. The first-order chi connectivity index (χ1) is 9.10. The highest BCUT2D eigenvalue weighted by Crippen LogP contribution is 2.32. The zero-order valence-electron chi connectivity index (χ0n) is 9.57. The van der Waals surface area contributed by atoms with Crippen LogP contribution in [0.25, 0.3) is 0 Å². The number of halogens is 3. The number of aromatic nitrogens is 1. The van der Waals surface area contributed by atoms with Crippen LogP contribution in [0.15, 0.2) is 34.9 Å². The van der Waals surface area contributed by atoms with E-state index in [-0.39, 0.29) is 6.61 Å². The van der Waals surface area contributed by atoms with Gasteiger partial charge in [-0.15, -0.1) is 0 Å². The van der Waals surface area contributed by atoms with Gasteiger partial charge in [0.1, 0.15) is 12.4 Å². The molecule has 0 amide bonds. The zero-order valence-corrected chi connectivity index (χ0v) is 12.7. The van der Waals surface area contributed by atoms with Crippen LogP contribution in [0.1, 0.15) is 16.1 Å². The lowest BCUT2D eigenvalue weighted by atomic mass is 10.2. The monoisotopic (exact) mass is 359 g/mol. The van der Waals surface area contributed by atoms with Crippen molar-refractivity contribution in [2.75, 3.05) is 0 Å². The Morgan fingerprint density at radius 1 is 1.32 bits per heavy atom. The van der Waals surface area contributed by atoms with Crippen LogP contribution in [0.3, 0.4) is 0 Å².